The van der Waals surface area contributed by atoms with Crippen LogP contribution in [-0.4, -0.2) is 36.1 Å². The van der Waals surface area contributed by atoms with Crippen molar-refractivity contribution in [2.75, 3.05) is 28.6 Å². The van der Waals surface area contributed by atoms with E-state index in [1.54, 1.807) is 24.5 Å². The fraction of sp³-hybridized carbons (Fsp3) is 0.316. The molecular formula is C19H23N5O2. The molecule has 2 heterocycles. The Bertz CT molecular complexity index is 748. The van der Waals surface area contributed by atoms with Gasteiger partial charge in [-0.2, -0.15) is 0 Å². The summed E-state index contributed by atoms with van der Waals surface area (Å²) in [5.41, 5.74) is 2.47. The van der Waals surface area contributed by atoms with E-state index < -0.39 is 0 Å². The van der Waals surface area contributed by atoms with Crippen LogP contribution in [0, 0.1) is 0 Å². The molecule has 1 saturated heterocycles. The van der Waals surface area contributed by atoms with Crippen molar-refractivity contribution in [2.24, 2.45) is 0 Å². The van der Waals surface area contributed by atoms with Gasteiger partial charge in [0.2, 0.25) is 5.91 Å². The van der Waals surface area contributed by atoms with E-state index in [-0.39, 0.29) is 18.0 Å². The molecule has 0 unspecified atom stereocenters. The minimum atomic E-state index is -0.267. The summed E-state index contributed by atoms with van der Waals surface area (Å²) in [6.07, 6.45) is 4.92. The molecule has 1 aliphatic rings. The van der Waals surface area contributed by atoms with Gasteiger partial charge in [0.15, 0.2) is 0 Å². The number of benzene rings is 1. The number of amides is 3. The second kappa shape index (κ2) is 8.33. The largest absolute Gasteiger partial charge is 0.382 e. The number of nitrogens with zero attached hydrogens (tertiary/aromatic N) is 2. The van der Waals surface area contributed by atoms with Crippen molar-refractivity contribution in [2.45, 2.75) is 25.8 Å². The third kappa shape index (κ3) is 4.50. The summed E-state index contributed by atoms with van der Waals surface area (Å²) in [7, 11) is 0. The van der Waals surface area contributed by atoms with Gasteiger partial charge in [0.1, 0.15) is 0 Å². The first-order valence-electron chi connectivity index (χ1n) is 8.74. The van der Waals surface area contributed by atoms with Crippen LogP contribution in [0.2, 0.25) is 0 Å². The van der Waals surface area contributed by atoms with Crippen LogP contribution in [0.3, 0.4) is 0 Å². The lowest BCUT2D eigenvalue weighted by Crippen LogP contribution is -2.32. The number of carbonyl (C=O) groups excluding carboxylic acids is 2. The SMILES string of the molecule is C[C@H]1CCC(=O)N1c1ccc(NC(=O)NCCNc2cccnc2)cc1. The van der Waals surface area contributed by atoms with E-state index in [4.69, 9.17) is 0 Å². The zero-order valence-corrected chi connectivity index (χ0v) is 14.7. The molecule has 3 rings (SSSR count). The highest BCUT2D eigenvalue weighted by molar-refractivity contribution is 5.96. The first-order chi connectivity index (χ1) is 12.6. The molecule has 3 N–H and O–H groups in total. The molecule has 7 nitrogen and oxygen atoms in total. The average molecular weight is 353 g/mol. The van der Waals surface area contributed by atoms with Gasteiger partial charge in [-0.15, -0.1) is 0 Å². The fourth-order valence-electron chi connectivity index (χ4n) is 2.96. The van der Waals surface area contributed by atoms with Gasteiger partial charge in [-0.1, -0.05) is 0 Å². The van der Waals surface area contributed by atoms with E-state index in [1.807, 2.05) is 36.1 Å². The van der Waals surface area contributed by atoms with Gasteiger partial charge in [-0.3, -0.25) is 9.78 Å². The summed E-state index contributed by atoms with van der Waals surface area (Å²) in [5, 5.41) is 8.74. The Hall–Kier alpha value is -3.09. The molecule has 1 aliphatic heterocycles. The van der Waals surface area contributed by atoms with E-state index >= 15 is 0 Å². The lowest BCUT2D eigenvalue weighted by Gasteiger charge is -2.22. The maximum Gasteiger partial charge on any atom is 0.319 e. The highest BCUT2D eigenvalue weighted by Crippen LogP contribution is 2.27. The monoisotopic (exact) mass is 353 g/mol. The van der Waals surface area contributed by atoms with Crippen LogP contribution >= 0.6 is 0 Å². The topological polar surface area (TPSA) is 86.4 Å². The van der Waals surface area contributed by atoms with Gasteiger partial charge in [0.05, 0.1) is 5.69 Å². The standard InChI is InChI=1S/C19H23N5O2/c1-14-4-9-18(25)24(14)17-7-5-15(6-8-17)23-19(26)22-12-11-21-16-3-2-10-20-13-16/h2-3,5-8,10,13-14,21H,4,9,11-12H2,1H3,(H2,22,23,26)/t14-/m0/s1. The molecule has 1 atom stereocenters. The normalized spacial score (nSPS) is 16.4. The van der Waals surface area contributed by atoms with Crippen LogP contribution in [0.15, 0.2) is 48.8 Å². The number of hydrogen-bond acceptors (Lipinski definition) is 4. The molecule has 1 aromatic carbocycles. The molecule has 2 aromatic rings. The number of carbonyl (C=O) groups is 2. The Morgan fingerprint density at radius 1 is 1.19 bits per heavy atom. The molecule has 7 heteroatoms. The molecule has 3 amide bonds. The van der Waals surface area contributed by atoms with Crippen molar-refractivity contribution >= 4 is 29.0 Å². The Labute approximate surface area is 152 Å². The van der Waals surface area contributed by atoms with Gasteiger partial charge in [-0.05, 0) is 49.7 Å². The van der Waals surface area contributed by atoms with Crippen LogP contribution < -0.4 is 20.9 Å². The van der Waals surface area contributed by atoms with E-state index in [9.17, 15) is 9.59 Å². The first-order valence-corrected chi connectivity index (χ1v) is 8.74. The Morgan fingerprint density at radius 3 is 2.65 bits per heavy atom. The van der Waals surface area contributed by atoms with Crippen LogP contribution in [-0.2, 0) is 4.79 Å². The maximum absolute atomic E-state index is 11.9. The lowest BCUT2D eigenvalue weighted by molar-refractivity contribution is -0.117. The van der Waals surface area contributed by atoms with Gasteiger partial charge < -0.3 is 20.9 Å². The maximum atomic E-state index is 11.9. The van der Waals surface area contributed by atoms with E-state index in [0.29, 0.717) is 25.2 Å². The van der Waals surface area contributed by atoms with Crippen LogP contribution in [0.4, 0.5) is 21.9 Å². The Kier molecular flexibility index (Phi) is 5.68. The van der Waals surface area contributed by atoms with Gasteiger partial charge in [0.25, 0.3) is 0 Å². The molecule has 26 heavy (non-hydrogen) atoms. The third-order valence-corrected chi connectivity index (χ3v) is 4.29. The number of nitrogens with one attached hydrogen (secondary N) is 3. The number of urea groups is 1. The molecule has 0 aliphatic carbocycles. The minimum absolute atomic E-state index is 0.150. The first kappa shape index (κ1) is 17.7. The van der Waals surface area contributed by atoms with E-state index in [1.165, 1.54) is 0 Å². The lowest BCUT2D eigenvalue weighted by atomic mass is 10.2. The molecule has 1 fully saturated rings. The van der Waals surface area contributed by atoms with Crippen molar-refractivity contribution < 1.29 is 9.59 Å². The number of pyridine rings is 1. The van der Waals surface area contributed by atoms with Gasteiger partial charge >= 0.3 is 6.03 Å². The Balaban J connectivity index is 1.43. The van der Waals surface area contributed by atoms with Crippen molar-refractivity contribution in [1.82, 2.24) is 10.3 Å². The number of aromatic nitrogens is 1. The van der Waals surface area contributed by atoms with Crippen molar-refractivity contribution in [1.29, 1.82) is 0 Å². The van der Waals surface area contributed by atoms with Crippen LogP contribution in [0.5, 0.6) is 0 Å². The molecule has 0 saturated carbocycles. The zero-order valence-electron chi connectivity index (χ0n) is 14.7. The van der Waals surface area contributed by atoms with Crippen LogP contribution in [0.1, 0.15) is 19.8 Å². The van der Waals surface area contributed by atoms with E-state index in [2.05, 4.69) is 20.9 Å². The number of rotatable bonds is 6. The second-order valence-corrected chi connectivity index (χ2v) is 6.25. The highest BCUT2D eigenvalue weighted by Gasteiger charge is 2.28. The average Bonchev–Trinajstić information content (AvgIpc) is 2.99. The molecule has 0 bridgehead atoms. The summed E-state index contributed by atoms with van der Waals surface area (Å²) in [5.74, 6) is 0.150. The summed E-state index contributed by atoms with van der Waals surface area (Å²) < 4.78 is 0. The smallest absolute Gasteiger partial charge is 0.319 e. The summed E-state index contributed by atoms with van der Waals surface area (Å²) in [4.78, 5) is 29.7. The summed E-state index contributed by atoms with van der Waals surface area (Å²) >= 11 is 0. The molecular weight excluding hydrogens is 330 g/mol. The summed E-state index contributed by atoms with van der Waals surface area (Å²) in [6, 6.07) is 11.1. The minimum Gasteiger partial charge on any atom is -0.382 e. The predicted octanol–water partition coefficient (Wildman–Crippen LogP) is 2.83. The van der Waals surface area contributed by atoms with Crippen molar-refractivity contribution in [3.63, 3.8) is 0 Å². The van der Waals surface area contributed by atoms with Gasteiger partial charge in [-0.25, -0.2) is 4.79 Å². The van der Waals surface area contributed by atoms with Crippen molar-refractivity contribution in [3.8, 4) is 0 Å². The zero-order chi connectivity index (χ0) is 18.4. The Morgan fingerprint density at radius 2 is 2.00 bits per heavy atom. The molecule has 0 radical (unpaired) electrons. The highest BCUT2D eigenvalue weighted by atomic mass is 16.2. The second-order valence-electron chi connectivity index (χ2n) is 6.25. The van der Waals surface area contributed by atoms with Gasteiger partial charge in [0, 0.05) is 49.3 Å². The molecule has 0 spiro atoms. The predicted molar refractivity (Wildman–Crippen MR) is 102 cm³/mol. The number of hydrogen-bond donors (Lipinski definition) is 3. The summed E-state index contributed by atoms with van der Waals surface area (Å²) in [6.45, 7) is 3.13. The number of anilines is 3. The fourth-order valence-corrected chi connectivity index (χ4v) is 2.96. The third-order valence-electron chi connectivity index (χ3n) is 4.29. The van der Waals surface area contributed by atoms with Crippen LogP contribution in [0.25, 0.3) is 0 Å². The van der Waals surface area contributed by atoms with E-state index in [0.717, 1.165) is 17.8 Å². The quantitative estimate of drug-likeness (QED) is 0.697. The van der Waals surface area contributed by atoms with Crippen molar-refractivity contribution in [3.05, 3.63) is 48.8 Å². The molecule has 1 aromatic heterocycles. The molecule has 136 valence electrons.